The lowest BCUT2D eigenvalue weighted by molar-refractivity contribution is 1.73. The first-order valence-corrected chi connectivity index (χ1v) is 7.24. The molecule has 0 atom stereocenters. The van der Waals surface area contributed by atoms with E-state index in [0.717, 1.165) is 5.56 Å². The average Bonchev–Trinajstić information content (AvgIpc) is 2.52. The molecule has 5 aromatic carbocycles. The first kappa shape index (κ1) is 11.0. The molecule has 0 nitrogen and oxygen atoms in total. The Balaban J connectivity index is 2.26. The van der Waals surface area contributed by atoms with E-state index in [1.54, 1.807) is 0 Å². The normalized spacial score (nSPS) is 12.0. The van der Waals surface area contributed by atoms with Gasteiger partial charge in [-0.1, -0.05) is 70.8 Å². The van der Waals surface area contributed by atoms with Gasteiger partial charge in [0.05, 0.1) is 0 Å². The summed E-state index contributed by atoms with van der Waals surface area (Å²) in [5.74, 6) is 0. The summed E-state index contributed by atoms with van der Waals surface area (Å²) >= 11 is 0. The third kappa shape index (κ3) is 1.32. The van der Waals surface area contributed by atoms with E-state index in [1.807, 2.05) is 0 Å². The smallest absolute Gasteiger partial charge is 0.0193 e. The molecule has 0 spiro atoms. The summed E-state index contributed by atoms with van der Waals surface area (Å²) in [6.45, 7) is 4.32. The summed E-state index contributed by atoms with van der Waals surface area (Å²) < 4.78 is 0. The topological polar surface area (TPSA) is 0 Å². The van der Waals surface area contributed by atoms with Gasteiger partial charge in [0.25, 0.3) is 0 Å². The van der Waals surface area contributed by atoms with E-state index in [-0.39, 0.29) is 0 Å². The summed E-state index contributed by atoms with van der Waals surface area (Å²) in [4.78, 5) is 0. The van der Waals surface area contributed by atoms with Crippen molar-refractivity contribution in [3.63, 3.8) is 0 Å². The number of hydrogen-bond acceptors (Lipinski definition) is 0. The van der Waals surface area contributed by atoms with Crippen LogP contribution in [0.3, 0.4) is 0 Å². The van der Waals surface area contributed by atoms with Crippen LogP contribution in [0.5, 0.6) is 0 Å². The van der Waals surface area contributed by atoms with E-state index >= 15 is 0 Å². The van der Waals surface area contributed by atoms with Crippen molar-refractivity contribution in [1.29, 1.82) is 0 Å². The highest BCUT2D eigenvalue weighted by Gasteiger charge is 2.07. The second-order valence-corrected chi connectivity index (χ2v) is 5.75. The van der Waals surface area contributed by atoms with Crippen LogP contribution in [0.25, 0.3) is 43.1 Å². The van der Waals surface area contributed by atoms with Crippen LogP contribution in [0.15, 0.2) is 66.7 Å². The molecule has 0 heterocycles. The van der Waals surface area contributed by atoms with Gasteiger partial charge in [-0.15, -0.1) is 5.39 Å². The fourth-order valence-corrected chi connectivity index (χ4v) is 3.68. The fourth-order valence-electron chi connectivity index (χ4n) is 3.68. The minimum Gasteiger partial charge on any atom is -0.198 e. The minimum absolute atomic E-state index is 1.11. The molecule has 5 rings (SSSR count). The zero-order valence-corrected chi connectivity index (χ0v) is 11.6. The number of fused-ring (bicyclic) bond motifs is 2. The number of benzene rings is 5. The molecule has 0 aromatic heterocycles. The van der Waals surface area contributed by atoms with Crippen molar-refractivity contribution in [2.45, 2.75) is 0 Å². The van der Waals surface area contributed by atoms with Gasteiger partial charge in [0, 0.05) is 0 Å². The third-order valence-corrected chi connectivity index (χ3v) is 4.55. The molecule has 5 aromatic rings. The van der Waals surface area contributed by atoms with Gasteiger partial charge in [0.2, 0.25) is 0 Å². The average molecular weight is 265 g/mol. The summed E-state index contributed by atoms with van der Waals surface area (Å²) in [5.41, 5.74) is 1.11. The molecule has 0 saturated heterocycles. The predicted molar refractivity (Wildman–Crippen MR) is 92.1 cm³/mol. The molecule has 0 radical (unpaired) electrons. The highest BCUT2D eigenvalue weighted by atomic mass is 14.2. The second-order valence-electron chi connectivity index (χ2n) is 5.75. The maximum Gasteiger partial charge on any atom is -0.0193 e. The zero-order chi connectivity index (χ0) is 14.0. The van der Waals surface area contributed by atoms with Gasteiger partial charge in [0.1, 0.15) is 0 Å². The Kier molecular flexibility index (Phi) is 1.92. The maximum absolute atomic E-state index is 4.32. The molecule has 0 saturated carbocycles. The molecule has 0 bridgehead atoms. The SMILES string of the molecule is [CH2-]c1cc2cccc3ccc4cc5ccccc5c1c4c32. The van der Waals surface area contributed by atoms with Crippen molar-refractivity contribution in [3.05, 3.63) is 79.2 Å². The van der Waals surface area contributed by atoms with Gasteiger partial charge in [-0.2, -0.15) is 18.6 Å². The molecule has 0 amide bonds. The Morgan fingerprint density at radius 2 is 1.24 bits per heavy atom. The van der Waals surface area contributed by atoms with Gasteiger partial charge in [0.15, 0.2) is 0 Å². The number of hydrogen-bond donors (Lipinski definition) is 0. The summed E-state index contributed by atoms with van der Waals surface area (Å²) in [6, 6.07) is 24.1. The minimum atomic E-state index is 1.11. The zero-order valence-electron chi connectivity index (χ0n) is 11.6. The Bertz CT molecular complexity index is 1130. The maximum atomic E-state index is 4.32. The lowest BCUT2D eigenvalue weighted by Gasteiger charge is -2.20. The Morgan fingerprint density at radius 3 is 2.19 bits per heavy atom. The molecule has 98 valence electrons. The van der Waals surface area contributed by atoms with Crippen molar-refractivity contribution in [2.24, 2.45) is 0 Å². The Hall–Kier alpha value is -2.73. The second kappa shape index (κ2) is 3.67. The quantitative estimate of drug-likeness (QED) is 0.185. The third-order valence-electron chi connectivity index (χ3n) is 4.55. The molecule has 21 heavy (non-hydrogen) atoms. The molecule has 0 aliphatic carbocycles. The fraction of sp³-hybridized carbons (Fsp3) is 0. The van der Waals surface area contributed by atoms with Gasteiger partial charge in [-0.3, -0.25) is 0 Å². The molecular formula is C21H13-. The van der Waals surface area contributed by atoms with E-state index < -0.39 is 0 Å². The van der Waals surface area contributed by atoms with E-state index in [9.17, 15) is 0 Å². The Labute approximate surface area is 123 Å². The lowest BCUT2D eigenvalue weighted by atomic mass is 9.88. The first-order valence-electron chi connectivity index (χ1n) is 7.24. The van der Waals surface area contributed by atoms with Crippen LogP contribution in [0, 0.1) is 6.92 Å². The summed E-state index contributed by atoms with van der Waals surface area (Å²) in [6.07, 6.45) is 0. The van der Waals surface area contributed by atoms with Crippen molar-refractivity contribution in [1.82, 2.24) is 0 Å². The first-order chi connectivity index (χ1) is 10.3. The van der Waals surface area contributed by atoms with Crippen LogP contribution in [-0.2, 0) is 0 Å². The highest BCUT2D eigenvalue weighted by molar-refractivity contribution is 6.29. The molecule has 0 heteroatoms. The van der Waals surface area contributed by atoms with E-state index in [4.69, 9.17) is 0 Å². The van der Waals surface area contributed by atoms with E-state index in [0.29, 0.717) is 0 Å². The Morgan fingerprint density at radius 1 is 0.524 bits per heavy atom. The van der Waals surface area contributed by atoms with Gasteiger partial charge >= 0.3 is 0 Å². The molecule has 0 aliphatic heterocycles. The van der Waals surface area contributed by atoms with Crippen LogP contribution in [-0.4, -0.2) is 0 Å². The van der Waals surface area contributed by atoms with Crippen LogP contribution in [0.1, 0.15) is 5.56 Å². The molecule has 0 fully saturated rings. The standard InChI is InChI=1S/C21H13/c1-13-11-16-7-4-6-14-9-10-17-12-15-5-2-3-8-18(15)19(13)21(17)20(14)16/h2-12H,1H2/q-1. The molecular weight excluding hydrogens is 252 g/mol. The van der Waals surface area contributed by atoms with Crippen molar-refractivity contribution in [3.8, 4) is 0 Å². The molecule has 0 unspecified atom stereocenters. The molecule has 0 N–H and O–H groups in total. The van der Waals surface area contributed by atoms with Crippen molar-refractivity contribution >= 4 is 43.1 Å². The highest BCUT2D eigenvalue weighted by Crippen LogP contribution is 2.39. The van der Waals surface area contributed by atoms with Crippen LogP contribution in [0.2, 0.25) is 0 Å². The van der Waals surface area contributed by atoms with Crippen LogP contribution in [0.4, 0.5) is 0 Å². The largest absolute Gasteiger partial charge is 0.198 e. The van der Waals surface area contributed by atoms with Crippen molar-refractivity contribution in [2.75, 3.05) is 0 Å². The van der Waals surface area contributed by atoms with Crippen molar-refractivity contribution < 1.29 is 0 Å². The number of rotatable bonds is 0. The van der Waals surface area contributed by atoms with E-state index in [2.05, 4.69) is 73.7 Å². The van der Waals surface area contributed by atoms with Gasteiger partial charge in [-0.25, -0.2) is 0 Å². The van der Waals surface area contributed by atoms with Crippen LogP contribution < -0.4 is 0 Å². The summed E-state index contributed by atoms with van der Waals surface area (Å²) in [7, 11) is 0. The monoisotopic (exact) mass is 265 g/mol. The summed E-state index contributed by atoms with van der Waals surface area (Å²) in [5, 5.41) is 10.5. The lowest BCUT2D eigenvalue weighted by Crippen LogP contribution is -1.88. The van der Waals surface area contributed by atoms with E-state index in [1.165, 1.54) is 43.1 Å². The van der Waals surface area contributed by atoms with Gasteiger partial charge in [-0.05, 0) is 27.6 Å². The molecule has 0 aliphatic rings. The van der Waals surface area contributed by atoms with Crippen LogP contribution >= 0.6 is 0 Å². The van der Waals surface area contributed by atoms with Gasteiger partial charge < -0.3 is 0 Å². The predicted octanol–water partition coefficient (Wildman–Crippen LogP) is 5.92.